The number of hydrogen-bond donors (Lipinski definition) is 0. The second-order valence-corrected chi connectivity index (χ2v) is 7.31. The standard InChI is InChI=1S/C19H24ClN3O3/c1-2-6-23-13-15(12-17(23)24)19(26)22-9-7-21(8-10-22)18(25)14-4-3-5-16(20)11-14/h3-5,11,15H,2,6-10,12-13H2,1H3. The first-order valence-corrected chi connectivity index (χ1v) is 9.48. The first kappa shape index (κ1) is 18.7. The highest BCUT2D eigenvalue weighted by Crippen LogP contribution is 2.21. The van der Waals surface area contributed by atoms with Crippen LogP contribution in [0.15, 0.2) is 24.3 Å². The van der Waals surface area contributed by atoms with Gasteiger partial charge in [-0.05, 0) is 24.6 Å². The molecule has 0 radical (unpaired) electrons. The van der Waals surface area contributed by atoms with Crippen LogP contribution in [0.2, 0.25) is 5.02 Å². The molecule has 3 rings (SSSR count). The van der Waals surface area contributed by atoms with Crippen LogP contribution in [0.25, 0.3) is 0 Å². The Labute approximate surface area is 158 Å². The van der Waals surface area contributed by atoms with Crippen molar-refractivity contribution in [2.45, 2.75) is 19.8 Å². The van der Waals surface area contributed by atoms with Gasteiger partial charge in [0.15, 0.2) is 0 Å². The predicted octanol–water partition coefficient (Wildman–Crippen LogP) is 1.88. The molecule has 2 aliphatic rings. The summed E-state index contributed by atoms with van der Waals surface area (Å²) in [7, 11) is 0. The lowest BCUT2D eigenvalue weighted by Crippen LogP contribution is -2.52. The molecule has 140 valence electrons. The lowest BCUT2D eigenvalue weighted by molar-refractivity contribution is -0.137. The van der Waals surface area contributed by atoms with Crippen molar-refractivity contribution in [1.82, 2.24) is 14.7 Å². The van der Waals surface area contributed by atoms with E-state index in [2.05, 4.69) is 0 Å². The van der Waals surface area contributed by atoms with Gasteiger partial charge in [0.2, 0.25) is 11.8 Å². The molecule has 2 aliphatic heterocycles. The summed E-state index contributed by atoms with van der Waals surface area (Å²) in [6.07, 6.45) is 1.21. The van der Waals surface area contributed by atoms with Crippen molar-refractivity contribution in [3.05, 3.63) is 34.9 Å². The van der Waals surface area contributed by atoms with Crippen LogP contribution < -0.4 is 0 Å². The van der Waals surface area contributed by atoms with Gasteiger partial charge in [0, 0.05) is 56.3 Å². The van der Waals surface area contributed by atoms with Crippen molar-refractivity contribution >= 4 is 29.3 Å². The smallest absolute Gasteiger partial charge is 0.254 e. The fourth-order valence-corrected chi connectivity index (χ4v) is 3.81. The average Bonchev–Trinajstić information content (AvgIpc) is 3.02. The Balaban J connectivity index is 1.54. The molecule has 26 heavy (non-hydrogen) atoms. The molecule has 1 unspecified atom stereocenters. The molecule has 3 amide bonds. The Hall–Kier alpha value is -2.08. The van der Waals surface area contributed by atoms with Gasteiger partial charge in [-0.1, -0.05) is 24.6 Å². The number of nitrogens with zero attached hydrogens (tertiary/aromatic N) is 3. The summed E-state index contributed by atoms with van der Waals surface area (Å²) < 4.78 is 0. The topological polar surface area (TPSA) is 60.9 Å². The Morgan fingerprint density at radius 2 is 1.85 bits per heavy atom. The molecule has 2 saturated heterocycles. The normalized spacial score (nSPS) is 20.6. The molecule has 2 fully saturated rings. The third-order valence-corrected chi connectivity index (χ3v) is 5.24. The third-order valence-electron chi connectivity index (χ3n) is 5.01. The largest absolute Gasteiger partial charge is 0.342 e. The summed E-state index contributed by atoms with van der Waals surface area (Å²) in [6.45, 7) is 5.26. The van der Waals surface area contributed by atoms with Crippen LogP contribution in [0, 0.1) is 5.92 Å². The van der Waals surface area contributed by atoms with E-state index >= 15 is 0 Å². The summed E-state index contributed by atoms with van der Waals surface area (Å²) >= 11 is 5.96. The Morgan fingerprint density at radius 3 is 2.50 bits per heavy atom. The number of amides is 3. The molecular weight excluding hydrogens is 354 g/mol. The van der Waals surface area contributed by atoms with Crippen molar-refractivity contribution < 1.29 is 14.4 Å². The lowest BCUT2D eigenvalue weighted by atomic mass is 10.1. The maximum Gasteiger partial charge on any atom is 0.254 e. The van der Waals surface area contributed by atoms with Gasteiger partial charge < -0.3 is 14.7 Å². The van der Waals surface area contributed by atoms with Crippen molar-refractivity contribution in [1.29, 1.82) is 0 Å². The van der Waals surface area contributed by atoms with Crippen LogP contribution in [-0.2, 0) is 9.59 Å². The van der Waals surface area contributed by atoms with E-state index in [1.807, 2.05) is 6.92 Å². The highest BCUT2D eigenvalue weighted by Gasteiger charge is 2.37. The first-order valence-electron chi connectivity index (χ1n) is 9.11. The minimum absolute atomic E-state index is 0.0341. The molecule has 6 nitrogen and oxygen atoms in total. The number of rotatable bonds is 4. The molecule has 1 aromatic rings. The van der Waals surface area contributed by atoms with Crippen molar-refractivity contribution in [3.8, 4) is 0 Å². The number of hydrogen-bond acceptors (Lipinski definition) is 3. The van der Waals surface area contributed by atoms with E-state index in [1.54, 1.807) is 39.0 Å². The zero-order valence-corrected chi connectivity index (χ0v) is 15.7. The zero-order valence-electron chi connectivity index (χ0n) is 15.0. The quantitative estimate of drug-likeness (QED) is 0.805. The van der Waals surface area contributed by atoms with Gasteiger partial charge in [0.1, 0.15) is 0 Å². The molecule has 7 heteroatoms. The van der Waals surface area contributed by atoms with Gasteiger partial charge in [-0.3, -0.25) is 14.4 Å². The summed E-state index contributed by atoms with van der Waals surface area (Å²) in [5.74, 6) is -0.208. The Morgan fingerprint density at radius 1 is 1.15 bits per heavy atom. The highest BCUT2D eigenvalue weighted by molar-refractivity contribution is 6.30. The van der Waals surface area contributed by atoms with Crippen LogP contribution >= 0.6 is 11.6 Å². The SMILES string of the molecule is CCCN1CC(C(=O)N2CCN(C(=O)c3cccc(Cl)c3)CC2)CC1=O. The summed E-state index contributed by atoms with van der Waals surface area (Å²) in [4.78, 5) is 42.6. The summed E-state index contributed by atoms with van der Waals surface area (Å²) in [6, 6.07) is 6.90. The number of piperazine rings is 1. The van der Waals surface area contributed by atoms with E-state index in [-0.39, 0.29) is 23.6 Å². The fourth-order valence-electron chi connectivity index (χ4n) is 3.62. The van der Waals surface area contributed by atoms with Crippen LogP contribution in [0.1, 0.15) is 30.1 Å². The molecule has 0 saturated carbocycles. The van der Waals surface area contributed by atoms with Gasteiger partial charge in [0.25, 0.3) is 5.91 Å². The van der Waals surface area contributed by atoms with Crippen LogP contribution in [0.5, 0.6) is 0 Å². The summed E-state index contributed by atoms with van der Waals surface area (Å²) in [5, 5.41) is 0.534. The molecule has 0 N–H and O–H groups in total. The van der Waals surface area contributed by atoms with E-state index < -0.39 is 0 Å². The molecule has 0 aromatic heterocycles. The van der Waals surface area contributed by atoms with Crippen LogP contribution in [-0.4, -0.2) is 71.7 Å². The van der Waals surface area contributed by atoms with Crippen LogP contribution in [0.4, 0.5) is 0 Å². The maximum absolute atomic E-state index is 12.7. The van der Waals surface area contributed by atoms with Crippen LogP contribution in [0.3, 0.4) is 0 Å². The molecule has 0 spiro atoms. The van der Waals surface area contributed by atoms with Gasteiger partial charge in [-0.15, -0.1) is 0 Å². The predicted molar refractivity (Wildman–Crippen MR) is 98.9 cm³/mol. The van der Waals surface area contributed by atoms with E-state index in [9.17, 15) is 14.4 Å². The number of carbonyl (C=O) groups excluding carboxylic acids is 3. The van der Waals surface area contributed by atoms with Gasteiger partial charge in [0.05, 0.1) is 5.92 Å². The number of likely N-dealkylation sites (tertiary alicyclic amines) is 1. The van der Waals surface area contributed by atoms with Crippen molar-refractivity contribution in [2.24, 2.45) is 5.92 Å². The van der Waals surface area contributed by atoms with Gasteiger partial charge in [-0.2, -0.15) is 0 Å². The van der Waals surface area contributed by atoms with Gasteiger partial charge >= 0.3 is 0 Å². The van der Waals surface area contributed by atoms with Gasteiger partial charge in [-0.25, -0.2) is 0 Å². The number of benzene rings is 1. The van der Waals surface area contributed by atoms with Crippen molar-refractivity contribution in [2.75, 3.05) is 39.3 Å². The zero-order chi connectivity index (χ0) is 18.7. The molecule has 0 aliphatic carbocycles. The molecular formula is C19H24ClN3O3. The second-order valence-electron chi connectivity index (χ2n) is 6.87. The van der Waals surface area contributed by atoms with Crippen molar-refractivity contribution in [3.63, 3.8) is 0 Å². The van der Waals surface area contributed by atoms with E-state index in [0.717, 1.165) is 6.42 Å². The number of halogens is 1. The van der Waals surface area contributed by atoms with E-state index in [0.29, 0.717) is 56.3 Å². The molecule has 1 atom stereocenters. The minimum Gasteiger partial charge on any atom is -0.342 e. The van der Waals surface area contributed by atoms with E-state index in [1.165, 1.54) is 0 Å². The minimum atomic E-state index is -0.246. The molecule has 2 heterocycles. The second kappa shape index (κ2) is 8.08. The number of carbonyl (C=O) groups is 3. The molecule has 0 bridgehead atoms. The fraction of sp³-hybridized carbons (Fsp3) is 0.526. The third kappa shape index (κ3) is 4.01. The Bertz CT molecular complexity index is 701. The first-order chi connectivity index (χ1) is 12.5. The highest BCUT2D eigenvalue weighted by atomic mass is 35.5. The lowest BCUT2D eigenvalue weighted by Gasteiger charge is -2.36. The monoisotopic (exact) mass is 377 g/mol. The molecule has 1 aromatic carbocycles. The summed E-state index contributed by atoms with van der Waals surface area (Å²) in [5.41, 5.74) is 0.564. The average molecular weight is 378 g/mol. The Kier molecular flexibility index (Phi) is 5.81. The maximum atomic E-state index is 12.7. The van der Waals surface area contributed by atoms with E-state index in [4.69, 9.17) is 11.6 Å².